The Balaban J connectivity index is 1.66. The van der Waals surface area contributed by atoms with E-state index >= 15 is 0 Å². The Kier molecular flexibility index (Phi) is 6.17. The summed E-state index contributed by atoms with van der Waals surface area (Å²) in [5, 5.41) is 3.25. The molecule has 1 aromatic heterocycles. The first kappa shape index (κ1) is 15.9. The van der Waals surface area contributed by atoms with Gasteiger partial charge in [-0.1, -0.05) is 12.1 Å². The molecule has 0 aliphatic carbocycles. The summed E-state index contributed by atoms with van der Waals surface area (Å²) in [7, 11) is 2.11. The topological polar surface area (TPSA) is 51.4 Å². The number of rotatable bonds is 8. The fraction of sp³-hybridized carbons (Fsp3) is 0.438. The first-order valence-corrected chi connectivity index (χ1v) is 8.06. The Morgan fingerprint density at radius 1 is 1.38 bits per heavy atom. The first-order valence-electron chi connectivity index (χ1n) is 7.18. The third-order valence-electron chi connectivity index (χ3n) is 3.19. The summed E-state index contributed by atoms with van der Waals surface area (Å²) in [6.07, 6.45) is 0.993. The maximum atomic E-state index is 5.76. The summed E-state index contributed by atoms with van der Waals surface area (Å²) in [5.41, 5.74) is 7.87. The lowest BCUT2D eigenvalue weighted by atomic mass is 10.2. The molecule has 0 aliphatic rings. The monoisotopic (exact) mass is 305 g/mol. The predicted octanol–water partition coefficient (Wildman–Crippen LogP) is 2.81. The average Bonchev–Trinajstić information content (AvgIpc) is 2.89. The van der Waals surface area contributed by atoms with E-state index in [2.05, 4.69) is 22.3 Å². The van der Waals surface area contributed by atoms with Crippen LogP contribution in [0, 0.1) is 6.92 Å². The summed E-state index contributed by atoms with van der Waals surface area (Å²) in [6, 6.07) is 7.97. The smallest absolute Gasteiger partial charge is 0.119 e. The second-order valence-electron chi connectivity index (χ2n) is 5.15. The van der Waals surface area contributed by atoms with Crippen molar-refractivity contribution < 1.29 is 4.74 Å². The Morgan fingerprint density at radius 3 is 2.95 bits per heavy atom. The van der Waals surface area contributed by atoms with Crippen molar-refractivity contribution in [2.45, 2.75) is 26.4 Å². The second-order valence-corrected chi connectivity index (χ2v) is 6.21. The van der Waals surface area contributed by atoms with Crippen LogP contribution in [-0.4, -0.2) is 30.1 Å². The molecule has 2 aromatic rings. The quantitative estimate of drug-likeness (QED) is 0.762. The fourth-order valence-corrected chi connectivity index (χ4v) is 2.73. The van der Waals surface area contributed by atoms with Crippen LogP contribution in [0.15, 0.2) is 29.6 Å². The number of hydrogen-bond donors (Lipinski definition) is 1. The van der Waals surface area contributed by atoms with E-state index in [4.69, 9.17) is 10.5 Å². The summed E-state index contributed by atoms with van der Waals surface area (Å²) in [6.45, 7) is 5.19. The van der Waals surface area contributed by atoms with Gasteiger partial charge in [-0.2, -0.15) is 0 Å². The second kappa shape index (κ2) is 8.12. The number of hydrogen-bond acceptors (Lipinski definition) is 5. The Hall–Kier alpha value is -1.43. The average molecular weight is 305 g/mol. The van der Waals surface area contributed by atoms with E-state index in [1.807, 2.05) is 31.2 Å². The minimum Gasteiger partial charge on any atom is -0.494 e. The third kappa shape index (κ3) is 5.46. The van der Waals surface area contributed by atoms with Crippen molar-refractivity contribution in [3.63, 3.8) is 0 Å². The highest BCUT2D eigenvalue weighted by Gasteiger charge is 2.03. The molecule has 0 radical (unpaired) electrons. The zero-order valence-corrected chi connectivity index (χ0v) is 13.5. The van der Waals surface area contributed by atoms with Gasteiger partial charge < -0.3 is 15.4 Å². The van der Waals surface area contributed by atoms with E-state index in [0.717, 1.165) is 41.5 Å². The first-order chi connectivity index (χ1) is 10.2. The van der Waals surface area contributed by atoms with E-state index in [0.29, 0.717) is 13.2 Å². The van der Waals surface area contributed by atoms with Gasteiger partial charge in [0.15, 0.2) is 0 Å². The van der Waals surface area contributed by atoms with Gasteiger partial charge >= 0.3 is 0 Å². The molecule has 2 N–H and O–H groups in total. The number of ether oxygens (including phenoxy) is 1. The molecule has 0 atom stereocenters. The van der Waals surface area contributed by atoms with E-state index in [-0.39, 0.29) is 0 Å². The number of benzene rings is 1. The molecule has 1 aromatic carbocycles. The van der Waals surface area contributed by atoms with Gasteiger partial charge in [-0.15, -0.1) is 11.3 Å². The predicted molar refractivity (Wildman–Crippen MR) is 87.6 cm³/mol. The van der Waals surface area contributed by atoms with Crippen molar-refractivity contribution in [1.82, 2.24) is 9.88 Å². The van der Waals surface area contributed by atoms with Crippen molar-refractivity contribution in [2.75, 3.05) is 20.2 Å². The van der Waals surface area contributed by atoms with Crippen LogP contribution in [0.1, 0.15) is 22.7 Å². The maximum Gasteiger partial charge on any atom is 0.119 e. The third-order valence-corrected chi connectivity index (χ3v) is 4.01. The molecule has 114 valence electrons. The molecule has 0 saturated carbocycles. The Labute approximate surface area is 130 Å². The van der Waals surface area contributed by atoms with Crippen molar-refractivity contribution in [3.8, 4) is 5.75 Å². The highest BCUT2D eigenvalue weighted by Crippen LogP contribution is 2.13. The lowest BCUT2D eigenvalue weighted by Crippen LogP contribution is -2.21. The summed E-state index contributed by atoms with van der Waals surface area (Å²) < 4.78 is 5.76. The van der Waals surface area contributed by atoms with Gasteiger partial charge in [0.1, 0.15) is 5.75 Å². The highest BCUT2D eigenvalue weighted by molar-refractivity contribution is 7.09. The molecule has 21 heavy (non-hydrogen) atoms. The molecule has 0 spiro atoms. The van der Waals surface area contributed by atoms with Gasteiger partial charge in [-0.3, -0.25) is 0 Å². The maximum absolute atomic E-state index is 5.76. The molecule has 0 bridgehead atoms. The van der Waals surface area contributed by atoms with Crippen molar-refractivity contribution in [1.29, 1.82) is 0 Å². The van der Waals surface area contributed by atoms with Gasteiger partial charge in [0.05, 0.1) is 17.3 Å². The van der Waals surface area contributed by atoms with E-state index < -0.39 is 0 Å². The largest absolute Gasteiger partial charge is 0.494 e. The van der Waals surface area contributed by atoms with Crippen molar-refractivity contribution in [3.05, 3.63) is 45.9 Å². The van der Waals surface area contributed by atoms with Crippen LogP contribution >= 0.6 is 11.3 Å². The van der Waals surface area contributed by atoms with Gasteiger partial charge in [-0.25, -0.2) is 4.98 Å². The number of nitrogens with zero attached hydrogens (tertiary/aromatic N) is 2. The van der Waals surface area contributed by atoms with Crippen LogP contribution in [0.4, 0.5) is 0 Å². The Morgan fingerprint density at radius 2 is 2.24 bits per heavy atom. The Bertz CT molecular complexity index is 556. The van der Waals surface area contributed by atoms with Crippen LogP contribution < -0.4 is 10.5 Å². The molecule has 0 aliphatic heterocycles. The number of nitrogens with two attached hydrogens (primary N) is 1. The zero-order valence-electron chi connectivity index (χ0n) is 12.7. The lowest BCUT2D eigenvalue weighted by Gasteiger charge is -2.15. The number of aryl methyl sites for hydroxylation is 1. The molecular formula is C16H23N3OS. The molecule has 1 heterocycles. The van der Waals surface area contributed by atoms with Crippen molar-refractivity contribution in [2.24, 2.45) is 5.73 Å². The zero-order chi connectivity index (χ0) is 15.1. The van der Waals surface area contributed by atoms with Crippen molar-refractivity contribution >= 4 is 11.3 Å². The van der Waals surface area contributed by atoms with Crippen LogP contribution in [0.3, 0.4) is 0 Å². The molecule has 0 fully saturated rings. The van der Waals surface area contributed by atoms with Gasteiger partial charge in [0, 0.05) is 25.0 Å². The van der Waals surface area contributed by atoms with Gasteiger partial charge in [0.2, 0.25) is 0 Å². The molecule has 4 nitrogen and oxygen atoms in total. The van der Waals surface area contributed by atoms with Gasteiger partial charge in [0.25, 0.3) is 0 Å². The van der Waals surface area contributed by atoms with E-state index in [9.17, 15) is 0 Å². The van der Waals surface area contributed by atoms with Crippen LogP contribution in [-0.2, 0) is 13.1 Å². The normalized spacial score (nSPS) is 11.0. The molecular weight excluding hydrogens is 282 g/mol. The summed E-state index contributed by atoms with van der Waals surface area (Å²) in [5.74, 6) is 0.899. The summed E-state index contributed by atoms with van der Waals surface area (Å²) >= 11 is 1.70. The molecule has 2 rings (SSSR count). The van der Waals surface area contributed by atoms with E-state index in [1.54, 1.807) is 11.3 Å². The highest BCUT2D eigenvalue weighted by atomic mass is 32.1. The molecule has 5 heteroatoms. The van der Waals surface area contributed by atoms with Gasteiger partial charge in [-0.05, 0) is 38.1 Å². The van der Waals surface area contributed by atoms with Crippen LogP contribution in [0.2, 0.25) is 0 Å². The van der Waals surface area contributed by atoms with E-state index in [1.165, 1.54) is 0 Å². The minimum atomic E-state index is 0.549. The van der Waals surface area contributed by atoms with Crippen LogP contribution in [0.25, 0.3) is 0 Å². The SMILES string of the molecule is Cc1nc(CN(C)CCCOc2cccc(CN)c2)cs1. The lowest BCUT2D eigenvalue weighted by molar-refractivity contribution is 0.257. The van der Waals surface area contributed by atoms with Crippen LogP contribution in [0.5, 0.6) is 5.75 Å². The number of aromatic nitrogens is 1. The standard InChI is InChI=1S/C16H23N3OS/c1-13-18-15(12-21-13)11-19(2)7-4-8-20-16-6-3-5-14(9-16)10-17/h3,5-6,9,12H,4,7-8,10-11,17H2,1-2H3. The number of thiazole rings is 1. The minimum absolute atomic E-state index is 0.549. The summed E-state index contributed by atoms with van der Waals surface area (Å²) in [4.78, 5) is 6.75. The molecule has 0 amide bonds. The fourth-order valence-electron chi connectivity index (χ4n) is 2.12. The molecule has 0 saturated heterocycles. The molecule has 0 unspecified atom stereocenters.